The summed E-state index contributed by atoms with van der Waals surface area (Å²) in [5.41, 5.74) is 2.84. The number of aryl methyl sites for hydroxylation is 2. The number of likely N-dealkylation sites (tertiary alicyclic amines) is 1. The lowest BCUT2D eigenvalue weighted by atomic mass is 9.57. The van der Waals surface area contributed by atoms with Crippen LogP contribution in [0.2, 0.25) is 0 Å². The van der Waals surface area contributed by atoms with Crippen molar-refractivity contribution in [3.05, 3.63) is 35.0 Å². The topological polar surface area (TPSA) is 62.3 Å². The van der Waals surface area contributed by atoms with Crippen LogP contribution in [0.15, 0.2) is 28.8 Å². The van der Waals surface area contributed by atoms with Crippen LogP contribution < -0.4 is 4.74 Å². The maximum atomic E-state index is 13.2. The fraction of sp³-hybridized carbons (Fsp3) is 0.714. The monoisotopic (exact) mass is 519 g/mol. The van der Waals surface area contributed by atoms with Gasteiger partial charge in [-0.1, -0.05) is 19.4 Å². The molecule has 0 bridgehead atoms. The first-order valence-corrected chi connectivity index (χ1v) is 14.9. The van der Waals surface area contributed by atoms with E-state index in [4.69, 9.17) is 9.47 Å². The van der Waals surface area contributed by atoms with Crippen molar-refractivity contribution in [2.45, 2.75) is 63.8 Å². The minimum Gasteiger partial charge on any atom is -0.497 e. The molecule has 4 rings (SSSR count). The van der Waals surface area contributed by atoms with E-state index in [1.165, 1.54) is 61.7 Å². The molecule has 7 nitrogen and oxygen atoms in total. The molecule has 1 unspecified atom stereocenters. The van der Waals surface area contributed by atoms with E-state index in [-0.39, 0.29) is 5.41 Å². The summed E-state index contributed by atoms with van der Waals surface area (Å²) in [5.74, 6) is 1.40. The van der Waals surface area contributed by atoms with Crippen LogP contribution in [-0.2, 0) is 14.8 Å². The number of sulfonamides is 1. The van der Waals surface area contributed by atoms with Gasteiger partial charge in [0.2, 0.25) is 10.0 Å². The van der Waals surface area contributed by atoms with Crippen LogP contribution in [0.3, 0.4) is 0 Å². The Bertz CT molecular complexity index is 1040. The van der Waals surface area contributed by atoms with Gasteiger partial charge in [-0.25, -0.2) is 8.42 Å². The molecule has 0 spiro atoms. The Morgan fingerprint density at radius 2 is 1.81 bits per heavy atom. The highest BCUT2D eigenvalue weighted by atomic mass is 32.2. The van der Waals surface area contributed by atoms with Crippen LogP contribution in [-0.4, -0.2) is 89.2 Å². The molecule has 3 aliphatic rings. The number of hydrogen-bond acceptors (Lipinski definition) is 6. The van der Waals surface area contributed by atoms with E-state index in [0.29, 0.717) is 47.6 Å². The molecule has 1 aromatic carbocycles. The molecule has 1 aliphatic carbocycles. The van der Waals surface area contributed by atoms with Gasteiger partial charge in [-0.2, -0.15) is 4.31 Å². The molecule has 2 aliphatic heterocycles. The smallest absolute Gasteiger partial charge is 0.243 e. The SMILES string of the molecule is COc1cc(C)c(S(=O)(=O)N(C)CCOCC2=CC3(C)[C@@H](CCN4CCCCC4)C[C@H]3N2C)c(C)c1. The number of benzene rings is 1. The van der Waals surface area contributed by atoms with Gasteiger partial charge < -0.3 is 19.3 Å². The summed E-state index contributed by atoms with van der Waals surface area (Å²) in [5, 5.41) is 0. The molecule has 0 amide bonds. The van der Waals surface area contributed by atoms with Gasteiger partial charge in [0.25, 0.3) is 0 Å². The largest absolute Gasteiger partial charge is 0.497 e. The lowest BCUT2D eigenvalue weighted by Crippen LogP contribution is -2.54. The number of likely N-dealkylation sites (N-methyl/N-ethyl adjacent to an activating group) is 2. The first-order valence-electron chi connectivity index (χ1n) is 13.4. The summed E-state index contributed by atoms with van der Waals surface area (Å²) in [6.45, 7) is 11.0. The molecule has 36 heavy (non-hydrogen) atoms. The number of fused-ring (bicyclic) bond motifs is 1. The van der Waals surface area contributed by atoms with Crippen LogP contribution in [0, 0.1) is 25.2 Å². The number of methoxy groups -OCH3 is 1. The molecule has 1 saturated heterocycles. The first kappa shape index (κ1) is 27.4. The second-order valence-electron chi connectivity index (χ2n) is 11.2. The third kappa shape index (κ3) is 5.33. The predicted molar refractivity (Wildman–Crippen MR) is 144 cm³/mol. The van der Waals surface area contributed by atoms with Crippen molar-refractivity contribution in [2.24, 2.45) is 11.3 Å². The van der Waals surface area contributed by atoms with Crippen LogP contribution in [0.25, 0.3) is 0 Å². The Morgan fingerprint density at radius 3 is 2.44 bits per heavy atom. The molecule has 0 N–H and O–H groups in total. The van der Waals surface area contributed by atoms with Crippen molar-refractivity contribution in [1.29, 1.82) is 0 Å². The van der Waals surface area contributed by atoms with Crippen LogP contribution >= 0.6 is 0 Å². The van der Waals surface area contributed by atoms with Gasteiger partial charge in [-0.15, -0.1) is 0 Å². The van der Waals surface area contributed by atoms with Crippen LogP contribution in [0.4, 0.5) is 0 Å². The normalized spacial score (nSPS) is 26.6. The molecule has 1 saturated carbocycles. The lowest BCUT2D eigenvalue weighted by molar-refractivity contribution is -0.00457. The van der Waals surface area contributed by atoms with Gasteiger partial charge in [-0.05, 0) is 88.3 Å². The summed E-state index contributed by atoms with van der Waals surface area (Å²) in [6.07, 6.45) is 9.06. The summed E-state index contributed by atoms with van der Waals surface area (Å²) in [6, 6.07) is 4.09. The molecule has 0 radical (unpaired) electrons. The maximum Gasteiger partial charge on any atom is 0.243 e. The second kappa shape index (κ2) is 11.0. The van der Waals surface area contributed by atoms with Crippen molar-refractivity contribution < 1.29 is 17.9 Å². The zero-order chi connectivity index (χ0) is 26.1. The van der Waals surface area contributed by atoms with Crippen molar-refractivity contribution in [1.82, 2.24) is 14.1 Å². The molecule has 202 valence electrons. The summed E-state index contributed by atoms with van der Waals surface area (Å²) < 4.78 is 39.1. The zero-order valence-corrected chi connectivity index (χ0v) is 23.9. The van der Waals surface area contributed by atoms with Gasteiger partial charge in [0.15, 0.2) is 0 Å². The first-order chi connectivity index (χ1) is 17.1. The molecule has 1 aromatic rings. The highest BCUT2D eigenvalue weighted by molar-refractivity contribution is 7.89. The fourth-order valence-electron chi connectivity index (χ4n) is 6.51. The van der Waals surface area contributed by atoms with E-state index in [1.807, 2.05) is 13.8 Å². The highest BCUT2D eigenvalue weighted by Gasteiger charge is 2.55. The van der Waals surface area contributed by atoms with E-state index in [2.05, 4.69) is 29.8 Å². The average molecular weight is 520 g/mol. The van der Waals surface area contributed by atoms with Gasteiger partial charge in [0.1, 0.15) is 5.75 Å². The molecule has 3 atom stereocenters. The standard InChI is InChI=1S/C28H45N3O4S/c1-21-16-25(34-6)17-22(2)27(21)36(32,33)29(4)14-15-35-20-24-19-28(3)23(18-26(28)30(24)5)10-13-31-11-8-7-9-12-31/h16-17,19,23,26H,7-15,18,20H2,1-6H3/t23-,26+,28?/m0/s1. The van der Waals surface area contributed by atoms with E-state index in [1.54, 1.807) is 26.3 Å². The van der Waals surface area contributed by atoms with Crippen molar-refractivity contribution >= 4 is 10.0 Å². The molecule has 2 fully saturated rings. The van der Waals surface area contributed by atoms with Crippen LogP contribution in [0.1, 0.15) is 50.2 Å². The molecular weight excluding hydrogens is 474 g/mol. The van der Waals surface area contributed by atoms with Gasteiger partial charge >= 0.3 is 0 Å². The van der Waals surface area contributed by atoms with Gasteiger partial charge in [-0.3, -0.25) is 0 Å². The predicted octanol–water partition coefficient (Wildman–Crippen LogP) is 4.05. The Hall–Kier alpha value is -1.61. The maximum absolute atomic E-state index is 13.2. The zero-order valence-electron chi connectivity index (χ0n) is 23.0. The minimum absolute atomic E-state index is 0.229. The van der Waals surface area contributed by atoms with E-state index >= 15 is 0 Å². The Morgan fingerprint density at radius 1 is 1.14 bits per heavy atom. The molecule has 0 aromatic heterocycles. The summed E-state index contributed by atoms with van der Waals surface area (Å²) in [4.78, 5) is 5.39. The van der Waals surface area contributed by atoms with E-state index in [0.717, 1.165) is 5.92 Å². The minimum atomic E-state index is -3.61. The van der Waals surface area contributed by atoms with Crippen LogP contribution in [0.5, 0.6) is 5.75 Å². The quantitative estimate of drug-likeness (QED) is 0.411. The number of hydrogen-bond donors (Lipinski definition) is 0. The van der Waals surface area contributed by atoms with Gasteiger partial charge in [0.05, 0.1) is 25.2 Å². The second-order valence-corrected chi connectivity index (χ2v) is 13.2. The Balaban J connectivity index is 1.28. The Kier molecular flexibility index (Phi) is 8.39. The molecule has 2 heterocycles. The number of nitrogens with zero attached hydrogens (tertiary/aromatic N) is 3. The fourth-order valence-corrected chi connectivity index (χ4v) is 8.07. The number of rotatable bonds is 11. The molecule has 8 heteroatoms. The third-order valence-electron chi connectivity index (χ3n) is 8.88. The average Bonchev–Trinajstić information content (AvgIpc) is 3.02. The summed E-state index contributed by atoms with van der Waals surface area (Å²) in [7, 11) is 1.78. The lowest BCUT2D eigenvalue weighted by Gasteiger charge is -2.52. The van der Waals surface area contributed by atoms with E-state index < -0.39 is 10.0 Å². The summed E-state index contributed by atoms with van der Waals surface area (Å²) >= 11 is 0. The number of ether oxygens (including phenoxy) is 2. The Labute approximate surface area is 218 Å². The van der Waals surface area contributed by atoms with Gasteiger partial charge in [0, 0.05) is 37.8 Å². The van der Waals surface area contributed by atoms with Crippen molar-refractivity contribution in [3.8, 4) is 5.75 Å². The van der Waals surface area contributed by atoms with Crippen molar-refractivity contribution in [3.63, 3.8) is 0 Å². The molecular formula is C28H45N3O4S. The third-order valence-corrected chi connectivity index (χ3v) is 11.0. The van der Waals surface area contributed by atoms with Crippen molar-refractivity contribution in [2.75, 3.05) is 60.6 Å². The highest BCUT2D eigenvalue weighted by Crippen LogP contribution is 2.56. The number of piperidine rings is 1. The van der Waals surface area contributed by atoms with E-state index in [9.17, 15) is 8.42 Å².